The standard InChI is InChI=1S/C39H56N8O14/c1-24(2)30(32(49)45(34(51)59-37(4,5)6)21-26-19-28(47(54)55)13-15-40-26)46-23-27(41-42-46)22-44-31(48)25(3)20-43(33(44)50)29(14-16-57-35(52)60-38(7,8)9)56-17-18-58-36(53)61-39(10,11)12/h13,15,19-20,23-24,29-30H,14,16-18,21-22H2,1-12H3/t29?,30-/m0/s1. The average molecular weight is 861 g/mol. The van der Waals surface area contributed by atoms with Crippen molar-refractivity contribution in [2.24, 2.45) is 5.92 Å². The summed E-state index contributed by atoms with van der Waals surface area (Å²) in [6.45, 7) is 18.0. The second-order valence-corrected chi connectivity index (χ2v) is 17.2. The van der Waals surface area contributed by atoms with Crippen molar-refractivity contribution in [1.82, 2.24) is 34.0 Å². The van der Waals surface area contributed by atoms with Crippen LogP contribution >= 0.6 is 0 Å². The van der Waals surface area contributed by atoms with Crippen LogP contribution in [0.4, 0.5) is 20.1 Å². The summed E-state index contributed by atoms with van der Waals surface area (Å²) >= 11 is 0. The molecule has 0 spiro atoms. The minimum absolute atomic E-state index is 0.0412. The topological polar surface area (TPSA) is 258 Å². The molecule has 0 bridgehead atoms. The lowest BCUT2D eigenvalue weighted by Crippen LogP contribution is -2.45. The van der Waals surface area contributed by atoms with Gasteiger partial charge in [0, 0.05) is 36.5 Å². The molecule has 3 aromatic heterocycles. The Bertz CT molecular complexity index is 2160. The predicted octanol–water partition coefficient (Wildman–Crippen LogP) is 5.23. The Morgan fingerprint density at radius 1 is 0.852 bits per heavy atom. The molecule has 0 saturated carbocycles. The molecule has 61 heavy (non-hydrogen) atoms. The van der Waals surface area contributed by atoms with Crippen LogP contribution in [0.15, 0.2) is 40.3 Å². The van der Waals surface area contributed by atoms with E-state index in [0.29, 0.717) is 0 Å². The number of rotatable bonds is 16. The number of carbonyl (C=O) groups is 4. The Kier molecular flexibility index (Phi) is 16.4. The van der Waals surface area contributed by atoms with Crippen LogP contribution in [0.25, 0.3) is 0 Å². The van der Waals surface area contributed by atoms with Gasteiger partial charge in [-0.15, -0.1) is 5.10 Å². The molecule has 0 N–H and O–H groups in total. The molecule has 336 valence electrons. The largest absolute Gasteiger partial charge is 0.508 e. The smallest absolute Gasteiger partial charge is 0.443 e. The summed E-state index contributed by atoms with van der Waals surface area (Å²) in [5.74, 6) is -1.32. The summed E-state index contributed by atoms with van der Waals surface area (Å²) in [6.07, 6.45) is -0.371. The molecule has 0 saturated heterocycles. The summed E-state index contributed by atoms with van der Waals surface area (Å²) < 4.78 is 35.3. The average Bonchev–Trinajstić information content (AvgIpc) is 3.57. The lowest BCUT2D eigenvalue weighted by Gasteiger charge is -2.29. The number of amides is 2. The second kappa shape index (κ2) is 20.4. The van der Waals surface area contributed by atoms with Crippen molar-refractivity contribution in [3.63, 3.8) is 0 Å². The van der Waals surface area contributed by atoms with Gasteiger partial charge in [-0.3, -0.25) is 33.8 Å². The third-order valence-electron chi connectivity index (χ3n) is 7.91. The van der Waals surface area contributed by atoms with Gasteiger partial charge in [-0.1, -0.05) is 19.1 Å². The molecular formula is C39H56N8O14. The van der Waals surface area contributed by atoms with Crippen LogP contribution in [0.2, 0.25) is 0 Å². The molecule has 0 aromatic carbocycles. The molecule has 3 rings (SSSR count). The zero-order valence-electron chi connectivity index (χ0n) is 36.7. The van der Waals surface area contributed by atoms with Gasteiger partial charge in [-0.2, -0.15) is 0 Å². The highest BCUT2D eigenvalue weighted by Crippen LogP contribution is 2.24. The number of pyridine rings is 1. The first-order valence-corrected chi connectivity index (χ1v) is 19.4. The van der Waals surface area contributed by atoms with E-state index in [-0.39, 0.29) is 48.9 Å². The molecule has 2 atom stereocenters. The Labute approximate surface area is 352 Å². The summed E-state index contributed by atoms with van der Waals surface area (Å²) in [5.41, 5.74) is -4.23. The van der Waals surface area contributed by atoms with Gasteiger partial charge in [0.2, 0.25) is 0 Å². The molecule has 0 fully saturated rings. The summed E-state index contributed by atoms with van der Waals surface area (Å²) in [7, 11) is 0. The molecule has 0 aliphatic rings. The highest BCUT2D eigenvalue weighted by atomic mass is 16.7. The minimum atomic E-state index is -1.19. The molecule has 22 nitrogen and oxygen atoms in total. The van der Waals surface area contributed by atoms with E-state index in [4.69, 9.17) is 28.4 Å². The summed E-state index contributed by atoms with van der Waals surface area (Å²) in [6, 6.07) is 1.12. The van der Waals surface area contributed by atoms with Crippen molar-refractivity contribution in [3.05, 3.63) is 78.6 Å². The number of hydrogen-bond acceptors (Lipinski definition) is 17. The van der Waals surface area contributed by atoms with E-state index in [2.05, 4.69) is 15.3 Å². The fourth-order valence-electron chi connectivity index (χ4n) is 5.44. The van der Waals surface area contributed by atoms with Crippen LogP contribution in [-0.2, 0) is 46.3 Å². The zero-order valence-corrected chi connectivity index (χ0v) is 36.7. The van der Waals surface area contributed by atoms with Gasteiger partial charge in [-0.05, 0) is 75.2 Å². The van der Waals surface area contributed by atoms with Crippen molar-refractivity contribution in [3.8, 4) is 0 Å². The minimum Gasteiger partial charge on any atom is -0.443 e. The molecule has 2 amide bonds. The lowest BCUT2D eigenvalue weighted by molar-refractivity contribution is -0.385. The molecule has 22 heteroatoms. The monoisotopic (exact) mass is 860 g/mol. The number of nitro groups is 1. The first kappa shape index (κ1) is 49.2. The van der Waals surface area contributed by atoms with E-state index in [1.54, 1.807) is 76.2 Å². The molecule has 0 aliphatic carbocycles. The van der Waals surface area contributed by atoms with E-state index in [0.717, 1.165) is 20.1 Å². The van der Waals surface area contributed by atoms with Crippen LogP contribution < -0.4 is 11.2 Å². The lowest BCUT2D eigenvalue weighted by atomic mass is 10.0. The maximum absolute atomic E-state index is 14.3. The first-order valence-electron chi connectivity index (χ1n) is 19.4. The first-order chi connectivity index (χ1) is 28.2. The van der Waals surface area contributed by atoms with Gasteiger partial charge < -0.3 is 28.4 Å². The number of aryl methyl sites for hydroxylation is 1. The van der Waals surface area contributed by atoms with E-state index in [9.17, 15) is 38.9 Å². The van der Waals surface area contributed by atoms with Crippen LogP contribution in [-0.4, -0.2) is 99.9 Å². The second-order valence-electron chi connectivity index (χ2n) is 17.2. The maximum Gasteiger partial charge on any atom is 0.508 e. The molecule has 0 aliphatic heterocycles. The summed E-state index contributed by atoms with van der Waals surface area (Å²) in [4.78, 5) is 95.3. The van der Waals surface area contributed by atoms with Gasteiger partial charge in [0.1, 0.15) is 41.4 Å². The number of carbonyl (C=O) groups excluding carboxylic acids is 4. The number of nitrogens with zero attached hydrogens (tertiary/aromatic N) is 8. The maximum atomic E-state index is 14.3. The Hall–Kier alpha value is -6.19. The van der Waals surface area contributed by atoms with E-state index < -0.39 is 88.6 Å². The molecular weight excluding hydrogens is 804 g/mol. The number of ether oxygens (including phenoxy) is 6. The van der Waals surface area contributed by atoms with Crippen molar-refractivity contribution in [1.29, 1.82) is 0 Å². The molecule has 1 unspecified atom stereocenters. The van der Waals surface area contributed by atoms with Gasteiger partial charge in [0.15, 0.2) is 0 Å². The van der Waals surface area contributed by atoms with E-state index in [1.165, 1.54) is 36.3 Å². The third kappa shape index (κ3) is 15.4. The number of imide groups is 1. The fourth-order valence-corrected chi connectivity index (χ4v) is 5.44. The van der Waals surface area contributed by atoms with Gasteiger partial charge in [0.25, 0.3) is 17.2 Å². The Morgan fingerprint density at radius 2 is 1.44 bits per heavy atom. The van der Waals surface area contributed by atoms with Crippen molar-refractivity contribution in [2.45, 2.75) is 132 Å². The molecule has 3 heterocycles. The molecule has 3 aromatic rings. The van der Waals surface area contributed by atoms with Gasteiger partial charge in [0.05, 0.1) is 43.1 Å². The Morgan fingerprint density at radius 3 is 2.00 bits per heavy atom. The quantitative estimate of drug-likeness (QED) is 0.0587. The Balaban J connectivity index is 1.96. The van der Waals surface area contributed by atoms with Crippen molar-refractivity contribution >= 4 is 30.0 Å². The van der Waals surface area contributed by atoms with Crippen molar-refractivity contribution in [2.75, 3.05) is 19.8 Å². The van der Waals surface area contributed by atoms with E-state index in [1.807, 2.05) is 0 Å². The highest BCUT2D eigenvalue weighted by Gasteiger charge is 2.36. The van der Waals surface area contributed by atoms with Gasteiger partial charge >= 0.3 is 24.1 Å². The number of hydrogen-bond donors (Lipinski definition) is 0. The normalized spacial score (nSPS) is 12.9. The van der Waals surface area contributed by atoms with Crippen LogP contribution in [0.5, 0.6) is 0 Å². The highest BCUT2D eigenvalue weighted by molar-refractivity contribution is 5.94. The predicted molar refractivity (Wildman–Crippen MR) is 214 cm³/mol. The SMILES string of the molecule is Cc1cn(C(CCOC(=O)OC(C)(C)C)OCCOC(=O)OC(C)(C)C)c(=O)n(Cc2cn([C@H](C(=O)N(Cc3cc([N+](=O)[O-])ccn3)C(=O)OC(C)(C)C)C(C)C)nn2)c1=O. The van der Waals surface area contributed by atoms with Crippen molar-refractivity contribution < 1.29 is 52.5 Å². The summed E-state index contributed by atoms with van der Waals surface area (Å²) in [5, 5.41) is 19.7. The zero-order chi connectivity index (χ0) is 46.0. The van der Waals surface area contributed by atoms with E-state index >= 15 is 0 Å². The van der Waals surface area contributed by atoms with Crippen LogP contribution in [0.3, 0.4) is 0 Å². The molecule has 0 radical (unpaired) electrons. The third-order valence-corrected chi connectivity index (χ3v) is 7.91. The fraction of sp³-hybridized carbons (Fsp3) is 0.615. The van der Waals surface area contributed by atoms with Crippen LogP contribution in [0, 0.1) is 23.0 Å². The van der Waals surface area contributed by atoms with Crippen LogP contribution in [0.1, 0.15) is 112 Å². The van der Waals surface area contributed by atoms with Gasteiger partial charge in [-0.25, -0.2) is 28.8 Å². The number of aromatic nitrogens is 6.